The van der Waals surface area contributed by atoms with Crippen molar-refractivity contribution < 1.29 is 13.9 Å². The molecule has 2 N–H and O–H groups in total. The zero-order chi connectivity index (χ0) is 14.4. The quantitative estimate of drug-likeness (QED) is 0.879. The Morgan fingerprint density at radius 1 is 1.10 bits per heavy atom. The second kappa shape index (κ2) is 6.91. The summed E-state index contributed by atoms with van der Waals surface area (Å²) in [5, 5.41) is 0. The van der Waals surface area contributed by atoms with Crippen LogP contribution in [0, 0.1) is 5.82 Å². The second-order valence-electron chi connectivity index (χ2n) is 4.27. The molecule has 0 aliphatic heterocycles. The third-order valence-corrected chi connectivity index (χ3v) is 2.86. The van der Waals surface area contributed by atoms with Gasteiger partial charge in [-0.15, -0.1) is 0 Å². The Morgan fingerprint density at radius 2 is 1.85 bits per heavy atom. The van der Waals surface area contributed by atoms with E-state index < -0.39 is 6.10 Å². The van der Waals surface area contributed by atoms with Crippen LogP contribution in [-0.4, -0.2) is 13.2 Å². The Kier molecular flexibility index (Phi) is 4.96. The summed E-state index contributed by atoms with van der Waals surface area (Å²) < 4.78 is 24.9. The number of halogens is 1. The molecule has 2 aromatic rings. The molecule has 0 aliphatic rings. The Bertz CT molecular complexity index is 560. The van der Waals surface area contributed by atoms with Crippen LogP contribution in [0.3, 0.4) is 0 Å². The van der Waals surface area contributed by atoms with Crippen LogP contribution in [0.1, 0.15) is 18.6 Å². The molecule has 0 fully saturated rings. The summed E-state index contributed by atoms with van der Waals surface area (Å²) in [7, 11) is 0. The number of hydrogen-bond donors (Lipinski definition) is 1. The van der Waals surface area contributed by atoms with Gasteiger partial charge in [0.25, 0.3) is 0 Å². The van der Waals surface area contributed by atoms with Gasteiger partial charge in [0, 0.05) is 18.2 Å². The van der Waals surface area contributed by atoms with Gasteiger partial charge in [0.05, 0.1) is 6.61 Å². The highest BCUT2D eigenvalue weighted by atomic mass is 19.1. The third-order valence-electron chi connectivity index (χ3n) is 2.86. The summed E-state index contributed by atoms with van der Waals surface area (Å²) in [5.74, 6) is 1.01. The SMILES string of the molecule is CCOc1cccc(OC(CN)c2ccccc2F)c1. The number of nitrogens with two attached hydrogens (primary N) is 1. The Hall–Kier alpha value is -2.07. The zero-order valence-electron chi connectivity index (χ0n) is 11.4. The van der Waals surface area contributed by atoms with E-state index >= 15 is 0 Å². The lowest BCUT2D eigenvalue weighted by Gasteiger charge is -2.18. The van der Waals surface area contributed by atoms with Crippen molar-refractivity contribution in [3.8, 4) is 11.5 Å². The van der Waals surface area contributed by atoms with E-state index in [0.717, 1.165) is 0 Å². The molecule has 0 heterocycles. The van der Waals surface area contributed by atoms with Crippen molar-refractivity contribution in [1.82, 2.24) is 0 Å². The average Bonchev–Trinajstić information content (AvgIpc) is 2.46. The first-order valence-corrected chi connectivity index (χ1v) is 6.58. The van der Waals surface area contributed by atoms with Crippen LogP contribution in [0.25, 0.3) is 0 Å². The fourth-order valence-electron chi connectivity index (χ4n) is 1.94. The van der Waals surface area contributed by atoms with Gasteiger partial charge in [0.1, 0.15) is 23.4 Å². The van der Waals surface area contributed by atoms with Gasteiger partial charge in [-0.25, -0.2) is 4.39 Å². The monoisotopic (exact) mass is 275 g/mol. The largest absolute Gasteiger partial charge is 0.494 e. The molecule has 0 bridgehead atoms. The van der Waals surface area contributed by atoms with E-state index in [-0.39, 0.29) is 12.4 Å². The van der Waals surface area contributed by atoms with Crippen LogP contribution < -0.4 is 15.2 Å². The summed E-state index contributed by atoms with van der Waals surface area (Å²) in [6.07, 6.45) is -0.520. The molecule has 1 atom stereocenters. The minimum atomic E-state index is -0.520. The fraction of sp³-hybridized carbons (Fsp3) is 0.250. The minimum absolute atomic E-state index is 0.194. The highest BCUT2D eigenvalue weighted by Gasteiger charge is 2.15. The molecule has 20 heavy (non-hydrogen) atoms. The van der Waals surface area contributed by atoms with Crippen LogP contribution in [-0.2, 0) is 0 Å². The number of hydrogen-bond acceptors (Lipinski definition) is 3. The van der Waals surface area contributed by atoms with E-state index in [2.05, 4.69) is 0 Å². The van der Waals surface area contributed by atoms with Crippen molar-refractivity contribution in [2.45, 2.75) is 13.0 Å². The number of rotatable bonds is 6. The first-order chi connectivity index (χ1) is 9.74. The molecule has 0 amide bonds. The summed E-state index contributed by atoms with van der Waals surface area (Å²) in [6, 6.07) is 13.7. The Morgan fingerprint density at radius 3 is 2.55 bits per heavy atom. The maximum absolute atomic E-state index is 13.8. The molecule has 1 unspecified atom stereocenters. The van der Waals surface area contributed by atoms with Gasteiger partial charge < -0.3 is 15.2 Å². The summed E-state index contributed by atoms with van der Waals surface area (Å²) in [6.45, 7) is 2.69. The molecule has 3 nitrogen and oxygen atoms in total. The number of ether oxygens (including phenoxy) is 2. The van der Waals surface area contributed by atoms with Gasteiger partial charge >= 0.3 is 0 Å². The van der Waals surface area contributed by atoms with Crippen molar-refractivity contribution in [2.24, 2.45) is 5.73 Å². The molecule has 0 spiro atoms. The van der Waals surface area contributed by atoms with Crippen molar-refractivity contribution in [3.63, 3.8) is 0 Å². The Balaban J connectivity index is 2.18. The van der Waals surface area contributed by atoms with E-state index in [1.54, 1.807) is 30.3 Å². The third kappa shape index (κ3) is 3.48. The molecule has 4 heteroatoms. The predicted octanol–water partition coefficient (Wildman–Crippen LogP) is 3.30. The van der Waals surface area contributed by atoms with Crippen LogP contribution in [0.4, 0.5) is 4.39 Å². The molecular weight excluding hydrogens is 257 g/mol. The fourth-order valence-corrected chi connectivity index (χ4v) is 1.94. The van der Waals surface area contributed by atoms with Crippen molar-refractivity contribution in [2.75, 3.05) is 13.2 Å². The van der Waals surface area contributed by atoms with Crippen LogP contribution in [0.5, 0.6) is 11.5 Å². The van der Waals surface area contributed by atoms with Crippen LogP contribution in [0.2, 0.25) is 0 Å². The van der Waals surface area contributed by atoms with E-state index in [9.17, 15) is 4.39 Å². The standard InChI is InChI=1S/C16H18FNO2/c1-2-19-12-6-5-7-13(10-12)20-16(11-18)14-8-3-4-9-15(14)17/h3-10,16H,2,11,18H2,1H3. The zero-order valence-corrected chi connectivity index (χ0v) is 11.4. The average molecular weight is 275 g/mol. The minimum Gasteiger partial charge on any atom is -0.494 e. The van der Waals surface area contributed by atoms with Gasteiger partial charge in [-0.1, -0.05) is 24.3 Å². The molecule has 0 aliphatic carbocycles. The highest BCUT2D eigenvalue weighted by molar-refractivity contribution is 5.34. The van der Waals surface area contributed by atoms with Crippen molar-refractivity contribution in [1.29, 1.82) is 0 Å². The topological polar surface area (TPSA) is 44.5 Å². The smallest absolute Gasteiger partial charge is 0.139 e. The lowest BCUT2D eigenvalue weighted by atomic mass is 10.1. The van der Waals surface area contributed by atoms with Crippen molar-refractivity contribution in [3.05, 3.63) is 59.9 Å². The normalized spacial score (nSPS) is 11.9. The first-order valence-electron chi connectivity index (χ1n) is 6.58. The maximum atomic E-state index is 13.8. The molecule has 0 saturated heterocycles. The molecule has 2 aromatic carbocycles. The lowest BCUT2D eigenvalue weighted by molar-refractivity contribution is 0.207. The Labute approximate surface area is 118 Å². The molecular formula is C16H18FNO2. The van der Waals surface area contributed by atoms with Gasteiger partial charge in [-0.2, -0.15) is 0 Å². The first kappa shape index (κ1) is 14.3. The molecule has 0 radical (unpaired) electrons. The van der Waals surface area contributed by atoms with Crippen molar-refractivity contribution >= 4 is 0 Å². The van der Waals surface area contributed by atoms with E-state index in [0.29, 0.717) is 23.7 Å². The van der Waals surface area contributed by atoms with Gasteiger partial charge in [0.15, 0.2) is 0 Å². The maximum Gasteiger partial charge on any atom is 0.139 e. The summed E-state index contributed by atoms with van der Waals surface area (Å²) >= 11 is 0. The van der Waals surface area contributed by atoms with Crippen LogP contribution >= 0.6 is 0 Å². The van der Waals surface area contributed by atoms with Crippen LogP contribution in [0.15, 0.2) is 48.5 Å². The second-order valence-corrected chi connectivity index (χ2v) is 4.27. The molecule has 2 rings (SSSR count). The van der Waals surface area contributed by atoms with Gasteiger partial charge in [0.2, 0.25) is 0 Å². The lowest BCUT2D eigenvalue weighted by Crippen LogP contribution is -2.19. The molecule has 106 valence electrons. The molecule has 0 aromatic heterocycles. The summed E-state index contributed by atoms with van der Waals surface area (Å²) in [4.78, 5) is 0. The van der Waals surface area contributed by atoms with E-state index in [1.807, 2.05) is 19.1 Å². The molecule has 0 saturated carbocycles. The van der Waals surface area contributed by atoms with E-state index in [4.69, 9.17) is 15.2 Å². The number of benzene rings is 2. The predicted molar refractivity (Wildman–Crippen MR) is 76.4 cm³/mol. The van der Waals surface area contributed by atoms with Gasteiger partial charge in [-0.05, 0) is 25.1 Å². The van der Waals surface area contributed by atoms with E-state index in [1.165, 1.54) is 6.07 Å². The highest BCUT2D eigenvalue weighted by Crippen LogP contribution is 2.26. The summed E-state index contributed by atoms with van der Waals surface area (Å²) in [5.41, 5.74) is 6.15. The van der Waals surface area contributed by atoms with Gasteiger partial charge in [-0.3, -0.25) is 0 Å².